The molecule has 0 fully saturated rings. The second-order valence-corrected chi connectivity index (χ2v) is 7.17. The first-order valence-electron chi connectivity index (χ1n) is 11.3. The molecule has 35 heavy (non-hydrogen) atoms. The summed E-state index contributed by atoms with van der Waals surface area (Å²) in [7, 11) is 0. The summed E-state index contributed by atoms with van der Waals surface area (Å²) < 4.78 is 0. The van der Waals surface area contributed by atoms with E-state index in [0.717, 1.165) is 5.57 Å². The summed E-state index contributed by atoms with van der Waals surface area (Å²) in [4.78, 5) is 21.5. The van der Waals surface area contributed by atoms with Crippen molar-refractivity contribution in [1.29, 1.82) is 0 Å². The summed E-state index contributed by atoms with van der Waals surface area (Å²) in [5.74, 6) is -0.921. The highest BCUT2D eigenvalue weighted by Crippen LogP contribution is 1.99. The Labute approximate surface area is 209 Å². The molecule has 4 heteroatoms. The highest BCUT2D eigenvalue weighted by Gasteiger charge is 2.06. The number of carbonyl (C=O) groups excluding carboxylic acids is 1. The van der Waals surface area contributed by atoms with Crippen LogP contribution in [0.1, 0.15) is 26.7 Å². The fraction of sp³-hybridized carbons (Fsp3) is 0.161. The van der Waals surface area contributed by atoms with Gasteiger partial charge in [-0.15, -0.1) is 0 Å². The number of allylic oxidation sites excluding steroid dienone is 23. The first-order valence-corrected chi connectivity index (χ1v) is 11.3. The molecule has 1 unspecified atom stereocenters. The minimum absolute atomic E-state index is 0.0790. The van der Waals surface area contributed by atoms with Crippen molar-refractivity contribution < 1.29 is 19.8 Å². The standard InChI is InChI=1S/C31H36O4/c1-28(29(2)32)25-23-21-19-17-15-13-11-9-7-5-3-4-6-8-10-12-14-16-18-20-22-24-26-30(33)27-31(34)35/h3-25,30,33H,26-27H2,1-2H3,(H,34,35). The molecule has 0 heterocycles. The van der Waals surface area contributed by atoms with Crippen LogP contribution in [0.15, 0.2) is 145 Å². The van der Waals surface area contributed by atoms with Gasteiger partial charge in [-0.1, -0.05) is 140 Å². The number of hydrogen-bond donors (Lipinski definition) is 2. The molecule has 0 saturated carbocycles. The molecule has 0 aromatic heterocycles. The molecule has 0 aromatic carbocycles. The van der Waals surface area contributed by atoms with Crippen LogP contribution in [0.2, 0.25) is 0 Å². The summed E-state index contributed by atoms with van der Waals surface area (Å²) in [5, 5.41) is 17.9. The zero-order valence-corrected chi connectivity index (χ0v) is 20.5. The van der Waals surface area contributed by atoms with Crippen LogP contribution in [0.4, 0.5) is 0 Å². The van der Waals surface area contributed by atoms with Gasteiger partial charge in [-0.05, 0) is 25.8 Å². The molecule has 0 aliphatic heterocycles. The fourth-order valence-corrected chi connectivity index (χ4v) is 2.14. The Balaban J connectivity index is 4.04. The second kappa shape index (κ2) is 23.1. The minimum Gasteiger partial charge on any atom is -0.481 e. The Morgan fingerprint density at radius 2 is 0.886 bits per heavy atom. The number of hydrogen-bond acceptors (Lipinski definition) is 3. The molecule has 184 valence electrons. The van der Waals surface area contributed by atoms with E-state index in [2.05, 4.69) is 0 Å². The molecule has 0 aliphatic rings. The van der Waals surface area contributed by atoms with Gasteiger partial charge in [0, 0.05) is 0 Å². The zero-order chi connectivity index (χ0) is 26.0. The number of carboxylic acid groups (broad SMARTS) is 1. The molecule has 0 saturated heterocycles. The third-order valence-corrected chi connectivity index (χ3v) is 4.08. The van der Waals surface area contributed by atoms with Gasteiger partial charge in [0.25, 0.3) is 0 Å². The van der Waals surface area contributed by atoms with Crippen molar-refractivity contribution >= 4 is 11.8 Å². The molecule has 0 aliphatic carbocycles. The molecule has 0 amide bonds. The summed E-state index contributed by atoms with van der Waals surface area (Å²) in [6.07, 6.45) is 42.7. The van der Waals surface area contributed by atoms with Crippen LogP contribution in [-0.4, -0.2) is 28.1 Å². The third-order valence-electron chi connectivity index (χ3n) is 4.08. The quantitative estimate of drug-likeness (QED) is 0.190. The first-order chi connectivity index (χ1) is 16.9. The summed E-state index contributed by atoms with van der Waals surface area (Å²) in [6.45, 7) is 3.35. The van der Waals surface area contributed by atoms with E-state index < -0.39 is 12.1 Å². The maximum Gasteiger partial charge on any atom is 0.305 e. The summed E-state index contributed by atoms with van der Waals surface area (Å²) >= 11 is 0. The fourth-order valence-electron chi connectivity index (χ4n) is 2.14. The number of aliphatic hydroxyl groups is 1. The molecule has 0 rings (SSSR count). The van der Waals surface area contributed by atoms with Gasteiger partial charge in [-0.2, -0.15) is 0 Å². The van der Waals surface area contributed by atoms with Crippen LogP contribution in [-0.2, 0) is 9.59 Å². The average molecular weight is 473 g/mol. The van der Waals surface area contributed by atoms with Gasteiger partial charge < -0.3 is 10.2 Å². The van der Waals surface area contributed by atoms with Crippen LogP contribution in [0.5, 0.6) is 0 Å². The predicted octanol–water partition coefficient (Wildman–Crippen LogP) is 6.87. The van der Waals surface area contributed by atoms with Gasteiger partial charge in [-0.3, -0.25) is 9.59 Å². The Morgan fingerprint density at radius 1 is 0.571 bits per heavy atom. The van der Waals surface area contributed by atoms with Gasteiger partial charge >= 0.3 is 5.97 Å². The molecule has 0 bridgehead atoms. The monoisotopic (exact) mass is 472 g/mol. The highest BCUT2D eigenvalue weighted by atomic mass is 16.4. The SMILES string of the molecule is CC(=O)C(C)=CC=CC=CC=CC=CC=CC=CC=CC=CC=CC=CC=CCC(O)CC(=O)O. The van der Waals surface area contributed by atoms with E-state index in [0.29, 0.717) is 6.42 Å². The summed E-state index contributed by atoms with van der Waals surface area (Å²) in [5.41, 5.74) is 0.736. The van der Waals surface area contributed by atoms with Crippen LogP contribution >= 0.6 is 0 Å². The van der Waals surface area contributed by atoms with Crippen molar-refractivity contribution in [2.75, 3.05) is 0 Å². The van der Waals surface area contributed by atoms with E-state index in [4.69, 9.17) is 5.11 Å². The lowest BCUT2D eigenvalue weighted by molar-refractivity contribution is -0.139. The lowest BCUT2D eigenvalue weighted by Crippen LogP contribution is -2.11. The number of carbonyl (C=O) groups is 2. The highest BCUT2D eigenvalue weighted by molar-refractivity contribution is 5.92. The molecule has 0 aromatic rings. The molecule has 4 nitrogen and oxygen atoms in total. The predicted molar refractivity (Wildman–Crippen MR) is 148 cm³/mol. The maximum absolute atomic E-state index is 11.1. The van der Waals surface area contributed by atoms with Crippen molar-refractivity contribution in [3.05, 3.63) is 145 Å². The van der Waals surface area contributed by atoms with Gasteiger partial charge in [-0.25, -0.2) is 0 Å². The zero-order valence-electron chi connectivity index (χ0n) is 20.5. The molecule has 0 spiro atoms. The topological polar surface area (TPSA) is 74.6 Å². The molecular weight excluding hydrogens is 436 g/mol. The lowest BCUT2D eigenvalue weighted by Gasteiger charge is -2.01. The normalized spacial score (nSPS) is 15.2. The first kappa shape index (κ1) is 31.0. The Morgan fingerprint density at radius 3 is 1.20 bits per heavy atom. The lowest BCUT2D eigenvalue weighted by atomic mass is 10.2. The number of aliphatic carboxylic acids is 1. The second-order valence-electron chi connectivity index (χ2n) is 7.17. The van der Waals surface area contributed by atoms with Gasteiger partial charge in [0.2, 0.25) is 0 Å². The number of rotatable bonds is 16. The van der Waals surface area contributed by atoms with Gasteiger partial charge in [0.05, 0.1) is 12.5 Å². The van der Waals surface area contributed by atoms with Crippen LogP contribution in [0, 0.1) is 0 Å². The number of Topliss-reactive ketones (excluding diaryl/α,β-unsaturated/α-hetero) is 1. The van der Waals surface area contributed by atoms with Crippen LogP contribution < -0.4 is 0 Å². The maximum atomic E-state index is 11.1. The Hall–Kier alpha value is -4.02. The molecule has 2 N–H and O–H groups in total. The van der Waals surface area contributed by atoms with Crippen LogP contribution in [0.3, 0.4) is 0 Å². The largest absolute Gasteiger partial charge is 0.481 e. The van der Waals surface area contributed by atoms with Crippen molar-refractivity contribution in [2.45, 2.75) is 32.8 Å². The van der Waals surface area contributed by atoms with Crippen molar-refractivity contribution in [3.8, 4) is 0 Å². The number of carboxylic acids is 1. The third kappa shape index (κ3) is 24.5. The van der Waals surface area contributed by atoms with Gasteiger partial charge in [0.15, 0.2) is 5.78 Å². The van der Waals surface area contributed by atoms with Crippen molar-refractivity contribution in [2.24, 2.45) is 0 Å². The Bertz CT molecular complexity index is 971. The van der Waals surface area contributed by atoms with Gasteiger partial charge in [0.1, 0.15) is 0 Å². The molecular formula is C31H36O4. The number of ketones is 1. The smallest absolute Gasteiger partial charge is 0.305 e. The van der Waals surface area contributed by atoms with E-state index in [1.807, 2.05) is 122 Å². The van der Waals surface area contributed by atoms with E-state index in [-0.39, 0.29) is 12.2 Å². The van der Waals surface area contributed by atoms with Crippen molar-refractivity contribution in [3.63, 3.8) is 0 Å². The van der Waals surface area contributed by atoms with Crippen molar-refractivity contribution in [1.82, 2.24) is 0 Å². The van der Waals surface area contributed by atoms with E-state index in [1.54, 1.807) is 32.1 Å². The Kier molecular flexibility index (Phi) is 20.5. The average Bonchev–Trinajstić information content (AvgIpc) is 2.81. The van der Waals surface area contributed by atoms with E-state index >= 15 is 0 Å². The summed E-state index contributed by atoms with van der Waals surface area (Å²) in [6, 6.07) is 0. The minimum atomic E-state index is -1.00. The molecule has 0 radical (unpaired) electrons. The van der Waals surface area contributed by atoms with E-state index in [9.17, 15) is 14.7 Å². The number of aliphatic hydroxyl groups excluding tert-OH is 1. The van der Waals surface area contributed by atoms with E-state index in [1.165, 1.54) is 0 Å². The van der Waals surface area contributed by atoms with Crippen LogP contribution in [0.25, 0.3) is 0 Å². The molecule has 1 atom stereocenters.